The molecule has 2 N–H and O–H groups in total. The zero-order valence-electron chi connectivity index (χ0n) is 14.6. The lowest BCUT2D eigenvalue weighted by Crippen LogP contribution is -2.16. The lowest BCUT2D eigenvalue weighted by Gasteiger charge is -2.13. The van der Waals surface area contributed by atoms with Gasteiger partial charge in [-0.25, -0.2) is 8.42 Å². The van der Waals surface area contributed by atoms with Gasteiger partial charge in [-0.2, -0.15) is 0 Å². The molecule has 0 spiro atoms. The summed E-state index contributed by atoms with van der Waals surface area (Å²) in [4.78, 5) is 14.3. The molecule has 0 aromatic heterocycles. The third-order valence-corrected chi connectivity index (χ3v) is 5.01. The summed E-state index contributed by atoms with van der Waals surface area (Å²) in [5, 5.41) is 2.80. The molecule has 0 heterocycles. The molecular formula is C18H23N3O3S. The first kappa shape index (κ1) is 18.8. The van der Waals surface area contributed by atoms with Crippen molar-refractivity contribution in [3.8, 4) is 0 Å². The van der Waals surface area contributed by atoms with Crippen molar-refractivity contribution in [3.63, 3.8) is 0 Å². The van der Waals surface area contributed by atoms with E-state index in [9.17, 15) is 13.2 Å². The molecule has 0 aliphatic rings. The molecule has 1 amide bonds. The number of nitrogens with zero attached hydrogens (tertiary/aromatic N) is 1. The Morgan fingerprint density at radius 3 is 2.28 bits per heavy atom. The number of carbonyl (C=O) groups is 1. The summed E-state index contributed by atoms with van der Waals surface area (Å²) in [6.07, 6.45) is 0.551. The molecule has 25 heavy (non-hydrogen) atoms. The van der Waals surface area contributed by atoms with E-state index in [-0.39, 0.29) is 11.7 Å². The summed E-state index contributed by atoms with van der Waals surface area (Å²) in [6.45, 7) is 1.81. The van der Waals surface area contributed by atoms with Crippen molar-refractivity contribution >= 4 is 33.0 Å². The van der Waals surface area contributed by atoms with Gasteiger partial charge in [0.1, 0.15) is 0 Å². The Labute approximate surface area is 148 Å². The fourth-order valence-corrected chi connectivity index (χ4v) is 3.38. The largest absolute Gasteiger partial charge is 0.378 e. The van der Waals surface area contributed by atoms with E-state index in [4.69, 9.17) is 0 Å². The highest BCUT2D eigenvalue weighted by Crippen LogP contribution is 2.18. The zero-order chi connectivity index (χ0) is 18.4. The topological polar surface area (TPSA) is 78.5 Å². The first-order valence-electron chi connectivity index (χ1n) is 8.00. The Bertz CT molecular complexity index is 831. The molecule has 0 radical (unpaired) electrons. The van der Waals surface area contributed by atoms with Gasteiger partial charge in [0.2, 0.25) is 10.0 Å². The van der Waals surface area contributed by atoms with Gasteiger partial charge in [-0.3, -0.25) is 9.52 Å². The van der Waals surface area contributed by atoms with Crippen molar-refractivity contribution in [2.75, 3.05) is 34.8 Å². The standard InChI is InChI=1S/C18H23N3O3S/c1-4-12-25(23,24)20-16-10-8-15(9-11-16)19-18(22)14-6-5-7-17(13-14)21(2)3/h5-11,13,20H,4,12H2,1-3H3,(H,19,22). The van der Waals surface area contributed by atoms with Crippen molar-refractivity contribution in [2.45, 2.75) is 13.3 Å². The second-order valence-electron chi connectivity index (χ2n) is 5.90. The maximum Gasteiger partial charge on any atom is 0.255 e. The molecule has 6 nitrogen and oxygen atoms in total. The van der Waals surface area contributed by atoms with Gasteiger partial charge in [0.05, 0.1) is 5.75 Å². The van der Waals surface area contributed by atoms with Crippen LogP contribution in [0.2, 0.25) is 0 Å². The quantitative estimate of drug-likeness (QED) is 0.794. The summed E-state index contributed by atoms with van der Waals surface area (Å²) in [5.74, 6) is -0.142. The Morgan fingerprint density at radius 1 is 1.04 bits per heavy atom. The molecule has 0 saturated carbocycles. The van der Waals surface area contributed by atoms with E-state index < -0.39 is 10.0 Å². The van der Waals surface area contributed by atoms with Crippen LogP contribution in [-0.4, -0.2) is 34.2 Å². The third kappa shape index (κ3) is 5.49. The molecule has 0 bridgehead atoms. The van der Waals surface area contributed by atoms with E-state index in [2.05, 4.69) is 10.0 Å². The van der Waals surface area contributed by atoms with Crippen molar-refractivity contribution in [1.29, 1.82) is 0 Å². The fourth-order valence-electron chi connectivity index (χ4n) is 2.25. The lowest BCUT2D eigenvalue weighted by molar-refractivity contribution is 0.102. The minimum absolute atomic E-state index is 0.0771. The maximum absolute atomic E-state index is 12.3. The van der Waals surface area contributed by atoms with Crippen LogP contribution in [0.15, 0.2) is 48.5 Å². The summed E-state index contributed by atoms with van der Waals surface area (Å²) in [6, 6.07) is 13.9. The van der Waals surface area contributed by atoms with Gasteiger partial charge in [0, 0.05) is 36.7 Å². The van der Waals surface area contributed by atoms with Gasteiger partial charge < -0.3 is 10.2 Å². The van der Waals surface area contributed by atoms with Crippen LogP contribution < -0.4 is 14.9 Å². The fraction of sp³-hybridized carbons (Fsp3) is 0.278. The summed E-state index contributed by atoms with van der Waals surface area (Å²) in [7, 11) is 0.506. The van der Waals surface area contributed by atoms with Crippen LogP contribution in [0.1, 0.15) is 23.7 Å². The maximum atomic E-state index is 12.3. The molecule has 2 aromatic carbocycles. The summed E-state index contributed by atoms with van der Waals surface area (Å²) < 4.78 is 26.0. The van der Waals surface area contributed by atoms with Crippen molar-refractivity contribution in [1.82, 2.24) is 0 Å². The van der Waals surface area contributed by atoms with Gasteiger partial charge in [-0.05, 0) is 48.9 Å². The van der Waals surface area contributed by atoms with Crippen LogP contribution >= 0.6 is 0 Å². The molecule has 0 atom stereocenters. The molecule has 0 unspecified atom stereocenters. The van der Waals surface area contributed by atoms with Crippen LogP contribution in [-0.2, 0) is 10.0 Å². The Balaban J connectivity index is 2.06. The predicted molar refractivity (Wildman–Crippen MR) is 103 cm³/mol. The molecule has 134 valence electrons. The van der Waals surface area contributed by atoms with E-state index in [1.807, 2.05) is 44.1 Å². The van der Waals surface area contributed by atoms with E-state index in [0.29, 0.717) is 23.4 Å². The smallest absolute Gasteiger partial charge is 0.255 e. The summed E-state index contributed by atoms with van der Waals surface area (Å²) >= 11 is 0. The highest BCUT2D eigenvalue weighted by atomic mass is 32.2. The van der Waals surface area contributed by atoms with Gasteiger partial charge in [0.15, 0.2) is 0 Å². The predicted octanol–water partition coefficient (Wildman–Crippen LogP) is 3.16. The Morgan fingerprint density at radius 2 is 1.68 bits per heavy atom. The number of carbonyl (C=O) groups excluding carboxylic acids is 1. The molecular weight excluding hydrogens is 338 g/mol. The molecule has 7 heteroatoms. The van der Waals surface area contributed by atoms with Crippen molar-refractivity contribution < 1.29 is 13.2 Å². The molecule has 0 fully saturated rings. The molecule has 2 rings (SSSR count). The minimum Gasteiger partial charge on any atom is -0.378 e. The number of hydrogen-bond acceptors (Lipinski definition) is 4. The van der Waals surface area contributed by atoms with Gasteiger partial charge >= 0.3 is 0 Å². The third-order valence-electron chi connectivity index (χ3n) is 3.51. The number of rotatable bonds is 7. The molecule has 0 aliphatic carbocycles. The molecule has 0 aliphatic heterocycles. The zero-order valence-corrected chi connectivity index (χ0v) is 15.4. The van der Waals surface area contributed by atoms with Crippen LogP contribution in [0.5, 0.6) is 0 Å². The number of nitrogens with one attached hydrogen (secondary N) is 2. The normalized spacial score (nSPS) is 11.0. The van der Waals surface area contributed by atoms with Crippen LogP contribution in [0.4, 0.5) is 17.1 Å². The second-order valence-corrected chi connectivity index (χ2v) is 7.74. The number of benzene rings is 2. The first-order chi connectivity index (χ1) is 11.8. The molecule has 2 aromatic rings. The van der Waals surface area contributed by atoms with Crippen LogP contribution in [0.25, 0.3) is 0 Å². The van der Waals surface area contributed by atoms with Gasteiger partial charge in [-0.15, -0.1) is 0 Å². The van der Waals surface area contributed by atoms with Crippen LogP contribution in [0, 0.1) is 0 Å². The highest BCUT2D eigenvalue weighted by Gasteiger charge is 2.10. The van der Waals surface area contributed by atoms with Crippen LogP contribution in [0.3, 0.4) is 0 Å². The Kier molecular flexibility index (Phi) is 6.03. The minimum atomic E-state index is -3.32. The second kappa shape index (κ2) is 8.02. The first-order valence-corrected chi connectivity index (χ1v) is 9.65. The van der Waals surface area contributed by atoms with Gasteiger partial charge in [0.25, 0.3) is 5.91 Å². The average Bonchev–Trinajstić information content (AvgIpc) is 2.56. The highest BCUT2D eigenvalue weighted by molar-refractivity contribution is 7.92. The van der Waals surface area contributed by atoms with E-state index >= 15 is 0 Å². The Hall–Kier alpha value is -2.54. The monoisotopic (exact) mass is 361 g/mol. The van der Waals surface area contributed by atoms with Crippen molar-refractivity contribution in [2.24, 2.45) is 0 Å². The number of hydrogen-bond donors (Lipinski definition) is 2. The SMILES string of the molecule is CCCS(=O)(=O)Nc1ccc(NC(=O)c2cccc(N(C)C)c2)cc1. The summed E-state index contributed by atoms with van der Waals surface area (Å²) in [5.41, 5.74) is 2.56. The lowest BCUT2D eigenvalue weighted by atomic mass is 10.1. The van der Waals surface area contributed by atoms with E-state index in [1.54, 1.807) is 30.3 Å². The van der Waals surface area contributed by atoms with E-state index in [0.717, 1.165) is 5.69 Å². The van der Waals surface area contributed by atoms with E-state index in [1.165, 1.54) is 0 Å². The van der Waals surface area contributed by atoms with Crippen molar-refractivity contribution in [3.05, 3.63) is 54.1 Å². The molecule has 0 saturated heterocycles. The van der Waals surface area contributed by atoms with Gasteiger partial charge in [-0.1, -0.05) is 13.0 Å². The number of amides is 1. The average molecular weight is 361 g/mol. The number of sulfonamides is 1. The number of anilines is 3.